The third kappa shape index (κ3) is 22.2. The van der Waals surface area contributed by atoms with Gasteiger partial charge in [-0.05, 0) is 174 Å². The minimum absolute atomic E-state index is 0. The fourth-order valence-corrected chi connectivity index (χ4v) is 10.8. The molecule has 6 rings (SSSR count). The highest BCUT2D eigenvalue weighted by Gasteiger charge is 2.41. The Bertz CT molecular complexity index is 3040. The van der Waals surface area contributed by atoms with E-state index in [2.05, 4.69) is 85.9 Å². The van der Waals surface area contributed by atoms with Gasteiger partial charge in [0.25, 0.3) is 0 Å². The normalized spacial score (nSPS) is 13.8. The molecule has 1 fully saturated rings. The third-order valence-electron chi connectivity index (χ3n) is 14.9. The van der Waals surface area contributed by atoms with Gasteiger partial charge in [0.1, 0.15) is 22.3 Å². The van der Waals surface area contributed by atoms with Crippen LogP contribution in [-0.4, -0.2) is 120 Å². The molecule has 3 amide bonds. The van der Waals surface area contributed by atoms with Gasteiger partial charge in [0.2, 0.25) is 5.88 Å². The van der Waals surface area contributed by atoms with Gasteiger partial charge in [0.15, 0.2) is 19.7 Å². The van der Waals surface area contributed by atoms with Crippen molar-refractivity contribution in [3.63, 3.8) is 0 Å². The summed E-state index contributed by atoms with van der Waals surface area (Å²) in [5, 5.41) is 15.8. The number of nitrogens with zero attached hydrogens (tertiary/aromatic N) is 5. The van der Waals surface area contributed by atoms with Gasteiger partial charge < -0.3 is 58.4 Å². The molecule has 0 bridgehead atoms. The van der Waals surface area contributed by atoms with Crippen LogP contribution >= 0.6 is 0 Å². The number of ether oxygens (including phenoxy) is 7. The molecule has 0 aliphatic carbocycles. The lowest BCUT2D eigenvalue weighted by atomic mass is 10.0. The van der Waals surface area contributed by atoms with Gasteiger partial charge in [-0.1, -0.05) is 66.2 Å². The van der Waals surface area contributed by atoms with Crippen LogP contribution in [-0.2, 0) is 54.0 Å². The highest BCUT2D eigenvalue weighted by atomic mass is 28.4. The molecule has 4 heterocycles. The number of hydrogen-bond donors (Lipinski definition) is 3. The van der Waals surface area contributed by atoms with Crippen LogP contribution in [0.15, 0.2) is 54.7 Å². The molecular formula is C66H102N8O12Si. The van der Waals surface area contributed by atoms with Crippen LogP contribution in [0.4, 0.5) is 30.6 Å². The molecule has 0 saturated carbocycles. The van der Waals surface area contributed by atoms with E-state index in [0.29, 0.717) is 62.7 Å². The lowest BCUT2D eigenvalue weighted by Gasteiger charge is -2.41. The van der Waals surface area contributed by atoms with Crippen LogP contribution in [0.1, 0.15) is 184 Å². The molecule has 2 aromatic carbocycles. The number of urea groups is 1. The van der Waals surface area contributed by atoms with E-state index >= 15 is 0 Å². The molecule has 0 unspecified atom stereocenters. The van der Waals surface area contributed by atoms with Crippen molar-refractivity contribution in [1.29, 1.82) is 0 Å². The second-order valence-corrected chi connectivity index (χ2v) is 31.4. The number of rotatable bonds is 26. The molecule has 1 aliphatic heterocycles. The molecule has 0 spiro atoms. The quantitative estimate of drug-likeness (QED) is 0.0154. The summed E-state index contributed by atoms with van der Waals surface area (Å²) in [5.41, 5.74) is 4.15. The maximum atomic E-state index is 14.2. The van der Waals surface area contributed by atoms with E-state index in [1.165, 1.54) is 5.56 Å². The zero-order chi connectivity index (χ0) is 63.0. The van der Waals surface area contributed by atoms with Gasteiger partial charge in [0.05, 0.1) is 29.9 Å². The number of carbonyl (C=O) groups excluding carboxylic acids is 4. The van der Waals surface area contributed by atoms with Gasteiger partial charge in [-0.2, -0.15) is 5.10 Å². The second-order valence-electron chi connectivity index (χ2n) is 26.6. The molecule has 5 aromatic rings. The van der Waals surface area contributed by atoms with Gasteiger partial charge >= 0.3 is 24.4 Å². The minimum Gasteiger partial charge on any atom is -0.444 e. The summed E-state index contributed by atoms with van der Waals surface area (Å²) in [6.45, 7) is 35.2. The first-order valence-corrected chi connectivity index (χ1v) is 33.7. The maximum absolute atomic E-state index is 14.2. The van der Waals surface area contributed by atoms with E-state index in [0.717, 1.165) is 92.2 Å². The first kappa shape index (κ1) is 71.2. The number of anilines is 2. The van der Waals surface area contributed by atoms with Gasteiger partial charge in [-0.25, -0.2) is 33.8 Å². The predicted octanol–water partition coefficient (Wildman–Crippen LogP) is 15.6. The zero-order valence-corrected chi connectivity index (χ0v) is 55.2. The van der Waals surface area contributed by atoms with Crippen molar-refractivity contribution in [2.24, 2.45) is 0 Å². The van der Waals surface area contributed by atoms with E-state index in [4.69, 9.17) is 42.6 Å². The van der Waals surface area contributed by atoms with Crippen molar-refractivity contribution in [2.45, 2.75) is 229 Å². The van der Waals surface area contributed by atoms with Crippen LogP contribution in [0, 0.1) is 0 Å². The molecule has 1 aliphatic rings. The summed E-state index contributed by atoms with van der Waals surface area (Å²) in [5.74, 6) is 0.00360. The van der Waals surface area contributed by atoms with Crippen molar-refractivity contribution in [1.82, 2.24) is 30.0 Å². The lowest BCUT2D eigenvalue weighted by Crippen LogP contribution is -2.46. The predicted molar refractivity (Wildman–Crippen MR) is 346 cm³/mol. The van der Waals surface area contributed by atoms with Crippen molar-refractivity contribution in [3.05, 3.63) is 77.1 Å². The highest BCUT2D eigenvalue weighted by molar-refractivity contribution is 6.74. The Kier molecular flexibility index (Phi) is 25.8. The molecular weight excluding hydrogens is 1120 g/mol. The van der Waals surface area contributed by atoms with Crippen LogP contribution in [0.25, 0.3) is 21.9 Å². The number of fused-ring (bicyclic) bond motifs is 2. The largest absolute Gasteiger partial charge is 0.515 e. The number of unbranched alkanes of at least 4 members (excludes halogenated alkanes) is 4. The molecule has 1 saturated heterocycles. The summed E-state index contributed by atoms with van der Waals surface area (Å²) >= 11 is 0. The summed E-state index contributed by atoms with van der Waals surface area (Å²) in [6.07, 6.45) is 7.56. The molecule has 3 aromatic heterocycles. The van der Waals surface area contributed by atoms with Gasteiger partial charge in [0, 0.05) is 80.5 Å². The van der Waals surface area contributed by atoms with E-state index < -0.39 is 49.6 Å². The first-order valence-electron chi connectivity index (χ1n) is 30.8. The van der Waals surface area contributed by atoms with Crippen molar-refractivity contribution >= 4 is 66.1 Å². The van der Waals surface area contributed by atoms with E-state index in [1.54, 1.807) is 64.6 Å². The Balaban J connectivity index is 0.0000138. The Labute approximate surface area is 518 Å². The Morgan fingerprint density at radius 1 is 0.747 bits per heavy atom. The second kappa shape index (κ2) is 31.6. The SMILES string of the molecule is C.CCc1nc2c(cnn2CC)c(NC2CCOCC2)c1CNC(=O)Nc1ccc(CCCCOCCCCCCN(C[C@H](O[Si](C)(C)C(C)(C)C)c2ccc(OC(=O)OC(C)(C)C)c3nc(OC(=O)OC(C)(C)C)ccc23)C(=O)OC(C)(C)C)cc1. The number of hydrogen-bond acceptors (Lipinski definition) is 16. The fraction of sp³-hybridized carbons (Fsp3) is 0.621. The Morgan fingerprint density at radius 2 is 1.38 bits per heavy atom. The summed E-state index contributed by atoms with van der Waals surface area (Å²) in [4.78, 5) is 64.7. The lowest BCUT2D eigenvalue weighted by molar-refractivity contribution is 0.0149. The number of aromatic nitrogens is 4. The standard InChI is InChI=1S/C65H98N8O12Si.CH4/c1-17-51-49(55(68-46-34-39-79-40-35-46)50-42-67-73(18-2)57(50)70-51)41-66-58(74)69-45-28-26-44(27-29-45)25-21-24-38-78-37-23-20-19-22-36-72(59(75)82-62(3,4)5)43-53(85-86(15,16)65(12,13)14)47-30-32-52(80-60(76)83-63(6,7)8)56-48(47)31-33-54(71-56)81-61(77)84-64(9,10)11;/h26-33,42,46,53H,17-25,34-41,43H2,1-16H3,(H,68,70)(H2,66,69,74);1H4/t53-;/m0./s1. The molecule has 0 radical (unpaired) electrons. The van der Waals surface area contributed by atoms with Crippen molar-refractivity contribution in [2.75, 3.05) is 50.2 Å². The molecule has 20 nitrogen and oxygen atoms in total. The zero-order valence-electron chi connectivity index (χ0n) is 54.2. The van der Waals surface area contributed by atoms with E-state index in [1.807, 2.05) is 49.8 Å². The monoisotopic (exact) mass is 1230 g/mol. The van der Waals surface area contributed by atoms with E-state index in [9.17, 15) is 19.2 Å². The van der Waals surface area contributed by atoms with Gasteiger partial charge in [-0.3, -0.25) is 0 Å². The molecule has 87 heavy (non-hydrogen) atoms. The topological polar surface area (TPSA) is 225 Å². The van der Waals surface area contributed by atoms with E-state index in [-0.39, 0.29) is 48.2 Å². The fourth-order valence-electron chi connectivity index (χ4n) is 9.54. The third-order valence-corrected chi connectivity index (χ3v) is 19.4. The Hall–Kier alpha value is -6.55. The number of nitrogens with one attached hydrogen (secondary N) is 3. The molecule has 1 atom stereocenters. The maximum Gasteiger partial charge on any atom is 0.515 e. The average molecular weight is 1230 g/mol. The Morgan fingerprint density at radius 3 is 2.00 bits per heavy atom. The highest BCUT2D eigenvalue weighted by Crippen LogP contribution is 2.43. The van der Waals surface area contributed by atoms with Gasteiger partial charge in [-0.15, -0.1) is 0 Å². The van der Waals surface area contributed by atoms with Crippen LogP contribution in [0.2, 0.25) is 18.1 Å². The van der Waals surface area contributed by atoms with Crippen LogP contribution < -0.4 is 25.4 Å². The summed E-state index contributed by atoms with van der Waals surface area (Å²) < 4.78 is 49.0. The number of pyridine rings is 2. The number of benzene rings is 2. The van der Waals surface area contributed by atoms with Crippen molar-refractivity contribution < 1.29 is 56.8 Å². The minimum atomic E-state index is -2.55. The van der Waals surface area contributed by atoms with Crippen molar-refractivity contribution in [3.8, 4) is 11.6 Å². The number of carbonyl (C=O) groups is 4. The molecule has 482 valence electrons. The summed E-state index contributed by atoms with van der Waals surface area (Å²) in [7, 11) is -2.55. The number of amides is 3. The smallest absolute Gasteiger partial charge is 0.444 e. The molecule has 3 N–H and O–H groups in total. The van der Waals surface area contributed by atoms with Crippen LogP contribution in [0.5, 0.6) is 11.6 Å². The first-order chi connectivity index (χ1) is 40.4. The van der Waals surface area contributed by atoms with Crippen LogP contribution in [0.3, 0.4) is 0 Å². The summed E-state index contributed by atoms with van der Waals surface area (Å²) in [6, 6.07) is 14.7. The molecule has 21 heteroatoms. The average Bonchev–Trinajstić information content (AvgIpc) is 2.10. The number of aryl methyl sites for hydroxylation is 3.